The summed E-state index contributed by atoms with van der Waals surface area (Å²) in [6.45, 7) is 6.17. The van der Waals surface area contributed by atoms with Gasteiger partial charge in [0.2, 0.25) is 0 Å². The SMILES string of the molecule is CC(C)(C)c1nc(Cl)c2cncc(C#Cc3ccccc3)c2n1. The number of halogens is 1. The van der Waals surface area contributed by atoms with Crippen molar-refractivity contribution >= 4 is 22.5 Å². The Morgan fingerprint density at radius 3 is 2.39 bits per heavy atom. The molecule has 0 radical (unpaired) electrons. The fourth-order valence-electron chi connectivity index (χ4n) is 2.10. The summed E-state index contributed by atoms with van der Waals surface area (Å²) in [5, 5.41) is 1.13. The molecule has 4 heteroatoms. The quantitative estimate of drug-likeness (QED) is 0.455. The Balaban J connectivity index is 2.18. The van der Waals surface area contributed by atoms with Crippen molar-refractivity contribution in [2.24, 2.45) is 0 Å². The first-order valence-electron chi connectivity index (χ1n) is 7.34. The Kier molecular flexibility index (Phi) is 4.02. The number of rotatable bonds is 0. The van der Waals surface area contributed by atoms with E-state index in [0.717, 1.165) is 22.0 Å². The summed E-state index contributed by atoms with van der Waals surface area (Å²) < 4.78 is 0. The molecule has 0 aliphatic rings. The molecule has 0 saturated heterocycles. The molecule has 23 heavy (non-hydrogen) atoms. The van der Waals surface area contributed by atoms with Crippen LogP contribution < -0.4 is 0 Å². The van der Waals surface area contributed by atoms with Crippen LogP contribution in [0.1, 0.15) is 37.7 Å². The van der Waals surface area contributed by atoms with Gasteiger partial charge in [0, 0.05) is 23.4 Å². The monoisotopic (exact) mass is 321 g/mol. The second-order valence-corrected chi connectivity index (χ2v) is 6.65. The zero-order valence-electron chi connectivity index (χ0n) is 13.3. The van der Waals surface area contributed by atoms with Gasteiger partial charge in [-0.1, -0.05) is 62.4 Å². The average molecular weight is 322 g/mol. The van der Waals surface area contributed by atoms with E-state index in [1.165, 1.54) is 0 Å². The van der Waals surface area contributed by atoms with E-state index in [1.54, 1.807) is 12.4 Å². The van der Waals surface area contributed by atoms with Gasteiger partial charge in [-0.05, 0) is 12.1 Å². The third kappa shape index (κ3) is 3.33. The van der Waals surface area contributed by atoms with Crippen LogP contribution in [0.4, 0.5) is 0 Å². The van der Waals surface area contributed by atoms with Gasteiger partial charge in [0.15, 0.2) is 0 Å². The number of hydrogen-bond donors (Lipinski definition) is 0. The second kappa shape index (κ2) is 5.98. The molecule has 0 N–H and O–H groups in total. The first-order valence-corrected chi connectivity index (χ1v) is 7.72. The summed E-state index contributed by atoms with van der Waals surface area (Å²) in [6, 6.07) is 9.82. The molecule has 0 bridgehead atoms. The van der Waals surface area contributed by atoms with E-state index < -0.39 is 0 Å². The van der Waals surface area contributed by atoms with Gasteiger partial charge in [-0.15, -0.1) is 0 Å². The van der Waals surface area contributed by atoms with Crippen molar-refractivity contribution in [2.75, 3.05) is 0 Å². The van der Waals surface area contributed by atoms with Crippen LogP contribution in [0.3, 0.4) is 0 Å². The lowest BCUT2D eigenvalue weighted by Gasteiger charge is -2.17. The highest BCUT2D eigenvalue weighted by molar-refractivity contribution is 6.34. The number of nitrogens with zero attached hydrogens (tertiary/aromatic N) is 3. The molecule has 0 spiro atoms. The first kappa shape index (κ1) is 15.5. The maximum absolute atomic E-state index is 6.32. The third-order valence-corrected chi connectivity index (χ3v) is 3.64. The molecule has 3 nitrogen and oxygen atoms in total. The van der Waals surface area contributed by atoms with Crippen LogP contribution in [0.15, 0.2) is 42.7 Å². The van der Waals surface area contributed by atoms with Gasteiger partial charge < -0.3 is 0 Å². The zero-order valence-corrected chi connectivity index (χ0v) is 14.0. The number of hydrogen-bond acceptors (Lipinski definition) is 3. The molecule has 0 aliphatic carbocycles. The number of aromatic nitrogens is 3. The van der Waals surface area contributed by atoms with Crippen LogP contribution in [0.5, 0.6) is 0 Å². The lowest BCUT2D eigenvalue weighted by atomic mass is 9.95. The highest BCUT2D eigenvalue weighted by atomic mass is 35.5. The van der Waals surface area contributed by atoms with E-state index in [0.29, 0.717) is 11.0 Å². The molecule has 0 saturated carbocycles. The van der Waals surface area contributed by atoms with Gasteiger partial charge >= 0.3 is 0 Å². The van der Waals surface area contributed by atoms with Crippen LogP contribution >= 0.6 is 11.6 Å². The fraction of sp³-hybridized carbons (Fsp3) is 0.211. The molecule has 0 aliphatic heterocycles. The Hall–Kier alpha value is -2.44. The molecule has 0 atom stereocenters. The molecule has 0 fully saturated rings. The van der Waals surface area contributed by atoms with Gasteiger partial charge in [-0.25, -0.2) is 9.97 Å². The highest BCUT2D eigenvalue weighted by Crippen LogP contribution is 2.26. The van der Waals surface area contributed by atoms with Crippen molar-refractivity contribution in [3.63, 3.8) is 0 Å². The van der Waals surface area contributed by atoms with E-state index in [2.05, 4.69) is 47.6 Å². The minimum atomic E-state index is -0.189. The largest absolute Gasteiger partial charge is 0.263 e. The van der Waals surface area contributed by atoms with E-state index in [9.17, 15) is 0 Å². The predicted molar refractivity (Wildman–Crippen MR) is 93.5 cm³/mol. The van der Waals surface area contributed by atoms with Crippen LogP contribution in [-0.4, -0.2) is 15.0 Å². The molecule has 2 aromatic heterocycles. The van der Waals surface area contributed by atoms with Crippen molar-refractivity contribution in [3.8, 4) is 11.8 Å². The normalized spacial score (nSPS) is 11.1. The van der Waals surface area contributed by atoms with Crippen LogP contribution in [0.25, 0.3) is 10.9 Å². The van der Waals surface area contributed by atoms with Gasteiger partial charge in [0.05, 0.1) is 16.5 Å². The summed E-state index contributed by atoms with van der Waals surface area (Å²) in [6.07, 6.45) is 3.39. The molecule has 3 rings (SSSR count). The Morgan fingerprint density at radius 2 is 1.70 bits per heavy atom. The van der Waals surface area contributed by atoms with Crippen molar-refractivity contribution in [2.45, 2.75) is 26.2 Å². The third-order valence-electron chi connectivity index (χ3n) is 3.35. The Bertz CT molecular complexity index is 916. The molecule has 3 aromatic rings. The maximum atomic E-state index is 6.32. The van der Waals surface area contributed by atoms with Crippen molar-refractivity contribution in [3.05, 3.63) is 64.8 Å². The summed E-state index contributed by atoms with van der Waals surface area (Å²) in [7, 11) is 0. The van der Waals surface area contributed by atoms with Crippen LogP contribution in [0, 0.1) is 11.8 Å². The van der Waals surface area contributed by atoms with Crippen LogP contribution in [-0.2, 0) is 5.41 Å². The maximum Gasteiger partial charge on any atom is 0.142 e. The van der Waals surface area contributed by atoms with Crippen molar-refractivity contribution < 1.29 is 0 Å². The van der Waals surface area contributed by atoms with Crippen molar-refractivity contribution in [1.29, 1.82) is 0 Å². The van der Waals surface area contributed by atoms with Gasteiger partial charge in [0.25, 0.3) is 0 Å². The molecule has 2 heterocycles. The number of pyridine rings is 1. The van der Waals surface area contributed by atoms with Gasteiger partial charge in [-0.2, -0.15) is 0 Å². The topological polar surface area (TPSA) is 38.7 Å². The fourth-order valence-corrected chi connectivity index (χ4v) is 2.32. The van der Waals surface area contributed by atoms with Crippen LogP contribution in [0.2, 0.25) is 5.15 Å². The minimum Gasteiger partial charge on any atom is -0.263 e. The molecular formula is C19H16ClN3. The van der Waals surface area contributed by atoms with E-state index in [1.807, 2.05) is 30.3 Å². The highest BCUT2D eigenvalue weighted by Gasteiger charge is 2.20. The summed E-state index contributed by atoms with van der Waals surface area (Å²) >= 11 is 6.32. The molecule has 114 valence electrons. The number of fused-ring (bicyclic) bond motifs is 1. The molecule has 0 unspecified atom stereocenters. The zero-order chi connectivity index (χ0) is 16.4. The second-order valence-electron chi connectivity index (χ2n) is 6.29. The molecular weight excluding hydrogens is 306 g/mol. The minimum absolute atomic E-state index is 0.189. The summed E-state index contributed by atoms with van der Waals surface area (Å²) in [5.41, 5.74) is 2.25. The summed E-state index contributed by atoms with van der Waals surface area (Å²) in [4.78, 5) is 13.3. The number of benzene rings is 1. The first-order chi connectivity index (χ1) is 10.9. The lowest BCUT2D eigenvalue weighted by molar-refractivity contribution is 0.548. The Morgan fingerprint density at radius 1 is 0.957 bits per heavy atom. The Labute approximate surface area is 140 Å². The van der Waals surface area contributed by atoms with E-state index in [-0.39, 0.29) is 5.41 Å². The van der Waals surface area contributed by atoms with Gasteiger partial charge in [0.1, 0.15) is 11.0 Å². The average Bonchev–Trinajstić information content (AvgIpc) is 2.53. The summed E-state index contributed by atoms with van der Waals surface area (Å²) in [5.74, 6) is 6.98. The van der Waals surface area contributed by atoms with E-state index >= 15 is 0 Å². The van der Waals surface area contributed by atoms with Crippen molar-refractivity contribution in [1.82, 2.24) is 15.0 Å². The molecule has 1 aromatic carbocycles. The smallest absolute Gasteiger partial charge is 0.142 e. The lowest BCUT2D eigenvalue weighted by Crippen LogP contribution is -2.16. The molecule has 0 amide bonds. The van der Waals surface area contributed by atoms with Gasteiger partial charge in [-0.3, -0.25) is 4.98 Å². The standard InChI is InChI=1S/C19H16ClN3/c1-19(2,3)18-22-16-14(10-9-13-7-5-4-6-8-13)11-21-12-15(16)17(20)23-18/h4-8,11-12H,1-3H3. The predicted octanol–water partition coefficient (Wildman–Crippen LogP) is 4.38. The van der Waals surface area contributed by atoms with E-state index in [4.69, 9.17) is 11.6 Å².